The van der Waals surface area contributed by atoms with Crippen LogP contribution < -0.4 is 5.32 Å². The zero-order chi connectivity index (χ0) is 20.3. The van der Waals surface area contributed by atoms with Crippen LogP contribution in [0.5, 0.6) is 0 Å². The molecule has 0 radical (unpaired) electrons. The Morgan fingerprint density at radius 3 is 2.83 bits per heavy atom. The summed E-state index contributed by atoms with van der Waals surface area (Å²) >= 11 is 0. The van der Waals surface area contributed by atoms with Crippen molar-refractivity contribution in [2.45, 2.75) is 19.9 Å². The number of imidazole rings is 1. The first-order valence-corrected chi connectivity index (χ1v) is 10.4. The Labute approximate surface area is 175 Å². The predicted octanol–water partition coefficient (Wildman–Crippen LogP) is 2.72. The third-order valence-electron chi connectivity index (χ3n) is 5.54. The van der Waals surface area contributed by atoms with E-state index in [0.29, 0.717) is 6.42 Å². The number of H-pyrrole nitrogens is 1. The fourth-order valence-electron chi connectivity index (χ4n) is 4.02. The van der Waals surface area contributed by atoms with Gasteiger partial charge in [-0.15, -0.1) is 0 Å². The monoisotopic (exact) mass is 399 g/mol. The number of pyridine rings is 1. The highest BCUT2D eigenvalue weighted by Crippen LogP contribution is 2.24. The Hall–Kier alpha value is -3.16. The number of hydrogen-bond donors (Lipinski definition) is 2. The van der Waals surface area contributed by atoms with Crippen molar-refractivity contribution in [1.29, 1.82) is 0 Å². The lowest BCUT2D eigenvalue weighted by Crippen LogP contribution is -2.42. The van der Waals surface area contributed by atoms with Crippen molar-refractivity contribution < 1.29 is 0 Å². The van der Waals surface area contributed by atoms with Gasteiger partial charge in [-0.05, 0) is 42.3 Å². The average Bonchev–Trinajstić information content (AvgIpc) is 3.16. The van der Waals surface area contributed by atoms with Gasteiger partial charge in [0.25, 0.3) is 0 Å². The molecule has 0 spiro atoms. The third-order valence-corrected chi connectivity index (χ3v) is 5.54. The lowest BCUT2D eigenvalue weighted by molar-refractivity contribution is 0.233. The molecule has 7 nitrogen and oxygen atoms in total. The Balaban J connectivity index is 1.35. The van der Waals surface area contributed by atoms with E-state index >= 15 is 0 Å². The van der Waals surface area contributed by atoms with Crippen LogP contribution in [0.25, 0.3) is 22.3 Å². The summed E-state index contributed by atoms with van der Waals surface area (Å²) < 4.78 is 0. The van der Waals surface area contributed by atoms with E-state index in [4.69, 9.17) is 4.98 Å². The molecule has 3 aromatic heterocycles. The van der Waals surface area contributed by atoms with Gasteiger partial charge in [-0.1, -0.05) is 6.07 Å². The maximum absolute atomic E-state index is 4.76. The molecule has 0 saturated carbocycles. The van der Waals surface area contributed by atoms with E-state index in [9.17, 15) is 0 Å². The van der Waals surface area contributed by atoms with E-state index < -0.39 is 0 Å². The molecule has 1 aliphatic rings. The second-order valence-electron chi connectivity index (χ2n) is 7.83. The Morgan fingerprint density at radius 1 is 1.07 bits per heavy atom. The molecule has 1 aliphatic heterocycles. The molecular formula is C23H25N7. The van der Waals surface area contributed by atoms with Crippen LogP contribution in [0.15, 0.2) is 49.1 Å². The smallest absolute Gasteiger partial charge is 0.116 e. The van der Waals surface area contributed by atoms with Gasteiger partial charge in [0.05, 0.1) is 16.7 Å². The number of nitrogens with one attached hydrogen (secondary N) is 2. The summed E-state index contributed by atoms with van der Waals surface area (Å²) in [5.41, 5.74) is 7.38. The minimum atomic E-state index is 0.686. The normalized spacial score (nSPS) is 15.0. The summed E-state index contributed by atoms with van der Waals surface area (Å²) in [5.74, 6) is 0.924. The molecule has 152 valence electrons. The molecule has 0 amide bonds. The van der Waals surface area contributed by atoms with Crippen LogP contribution in [0.4, 0.5) is 0 Å². The van der Waals surface area contributed by atoms with Crippen molar-refractivity contribution in [3.63, 3.8) is 0 Å². The van der Waals surface area contributed by atoms with Gasteiger partial charge in [-0.3, -0.25) is 9.88 Å². The maximum atomic E-state index is 4.76. The highest BCUT2D eigenvalue weighted by molar-refractivity contribution is 5.81. The molecule has 5 rings (SSSR count). The fourth-order valence-corrected chi connectivity index (χ4v) is 4.02. The first-order chi connectivity index (χ1) is 14.7. The Morgan fingerprint density at radius 2 is 1.97 bits per heavy atom. The molecule has 2 N–H and O–H groups in total. The third kappa shape index (κ3) is 4.08. The molecule has 0 atom stereocenters. The first-order valence-electron chi connectivity index (χ1n) is 10.4. The standard InChI is InChI=1S/C23H25N7/c1-16-13-25-15-27-23(16)18-2-3-20-21(11-18)29-22(28-20)12-19-10-17(4-5-26-19)14-30-8-6-24-7-9-30/h2-5,10-11,13,15,24H,6-9,12,14H2,1H3,(H,28,29). The number of rotatable bonds is 5. The lowest BCUT2D eigenvalue weighted by atomic mass is 10.1. The summed E-state index contributed by atoms with van der Waals surface area (Å²) in [4.78, 5) is 23.8. The van der Waals surface area contributed by atoms with Crippen LogP contribution in [0.1, 0.15) is 22.6 Å². The van der Waals surface area contributed by atoms with Gasteiger partial charge in [0.2, 0.25) is 0 Å². The van der Waals surface area contributed by atoms with Crippen molar-refractivity contribution in [3.8, 4) is 11.3 Å². The van der Waals surface area contributed by atoms with Gasteiger partial charge >= 0.3 is 0 Å². The molecule has 30 heavy (non-hydrogen) atoms. The van der Waals surface area contributed by atoms with Crippen LogP contribution in [-0.4, -0.2) is 56.0 Å². The van der Waals surface area contributed by atoms with Gasteiger partial charge in [0.15, 0.2) is 0 Å². The Bertz CT molecular complexity index is 1160. The fraction of sp³-hybridized carbons (Fsp3) is 0.304. The SMILES string of the molecule is Cc1cncnc1-c1ccc2nc(Cc3cc(CN4CCNCC4)ccn3)[nH]c2c1. The summed E-state index contributed by atoms with van der Waals surface area (Å²) in [6, 6.07) is 10.5. The highest BCUT2D eigenvalue weighted by Gasteiger charge is 2.12. The average molecular weight is 400 g/mol. The second kappa shape index (κ2) is 8.30. The molecule has 4 heterocycles. The number of aromatic nitrogens is 5. The number of fused-ring (bicyclic) bond motifs is 1. The largest absolute Gasteiger partial charge is 0.342 e. The molecule has 0 aliphatic carbocycles. The quantitative estimate of drug-likeness (QED) is 0.537. The molecule has 7 heteroatoms. The van der Waals surface area contributed by atoms with E-state index in [1.54, 1.807) is 6.33 Å². The van der Waals surface area contributed by atoms with Crippen LogP contribution in [0, 0.1) is 6.92 Å². The number of aromatic amines is 1. The zero-order valence-electron chi connectivity index (χ0n) is 17.1. The van der Waals surface area contributed by atoms with E-state index in [2.05, 4.69) is 54.4 Å². The highest BCUT2D eigenvalue weighted by atomic mass is 15.2. The van der Waals surface area contributed by atoms with E-state index in [1.807, 2.05) is 25.4 Å². The van der Waals surface area contributed by atoms with Gasteiger partial charge in [0.1, 0.15) is 12.2 Å². The van der Waals surface area contributed by atoms with Crippen molar-refractivity contribution >= 4 is 11.0 Å². The zero-order valence-corrected chi connectivity index (χ0v) is 17.1. The van der Waals surface area contributed by atoms with Crippen LogP contribution in [0.3, 0.4) is 0 Å². The van der Waals surface area contributed by atoms with E-state index in [1.165, 1.54) is 5.56 Å². The molecule has 4 aromatic rings. The van der Waals surface area contributed by atoms with E-state index in [0.717, 1.165) is 72.1 Å². The van der Waals surface area contributed by atoms with Crippen molar-refractivity contribution in [2.24, 2.45) is 0 Å². The molecule has 1 aromatic carbocycles. The number of hydrogen-bond acceptors (Lipinski definition) is 6. The van der Waals surface area contributed by atoms with Gasteiger partial charge in [-0.25, -0.2) is 15.0 Å². The topological polar surface area (TPSA) is 82.6 Å². The predicted molar refractivity (Wildman–Crippen MR) is 117 cm³/mol. The molecule has 1 saturated heterocycles. The lowest BCUT2D eigenvalue weighted by Gasteiger charge is -2.27. The van der Waals surface area contributed by atoms with Crippen molar-refractivity contribution in [3.05, 3.63) is 71.7 Å². The molecular weight excluding hydrogens is 374 g/mol. The number of nitrogens with zero attached hydrogens (tertiary/aromatic N) is 5. The van der Waals surface area contributed by atoms with Crippen molar-refractivity contribution in [2.75, 3.05) is 26.2 Å². The van der Waals surface area contributed by atoms with Gasteiger partial charge < -0.3 is 10.3 Å². The minimum absolute atomic E-state index is 0.686. The molecule has 0 bridgehead atoms. The summed E-state index contributed by atoms with van der Waals surface area (Å²) in [7, 11) is 0. The molecule has 1 fully saturated rings. The second-order valence-corrected chi connectivity index (χ2v) is 7.83. The van der Waals surface area contributed by atoms with Crippen LogP contribution >= 0.6 is 0 Å². The number of aryl methyl sites for hydroxylation is 1. The summed E-state index contributed by atoms with van der Waals surface area (Å²) in [5, 5.41) is 3.40. The van der Waals surface area contributed by atoms with Crippen molar-refractivity contribution in [1.82, 2.24) is 35.1 Å². The van der Waals surface area contributed by atoms with Crippen LogP contribution in [-0.2, 0) is 13.0 Å². The summed E-state index contributed by atoms with van der Waals surface area (Å²) in [6.07, 6.45) is 6.02. The minimum Gasteiger partial charge on any atom is -0.342 e. The first kappa shape index (κ1) is 18.8. The molecule has 0 unspecified atom stereocenters. The van der Waals surface area contributed by atoms with E-state index in [-0.39, 0.29) is 0 Å². The maximum Gasteiger partial charge on any atom is 0.116 e. The van der Waals surface area contributed by atoms with Crippen LogP contribution in [0.2, 0.25) is 0 Å². The number of benzene rings is 1. The van der Waals surface area contributed by atoms with Gasteiger partial charge in [0, 0.05) is 62.8 Å². The number of piperazine rings is 1. The Kier molecular flexibility index (Phi) is 5.21. The summed E-state index contributed by atoms with van der Waals surface area (Å²) in [6.45, 7) is 7.31. The van der Waals surface area contributed by atoms with Gasteiger partial charge in [-0.2, -0.15) is 0 Å².